The predicted octanol–water partition coefficient (Wildman–Crippen LogP) is 4.90. The lowest BCUT2D eigenvalue weighted by atomic mass is 9.87. The molecule has 0 aliphatic heterocycles. The number of thiophene rings is 1. The molecule has 3 heteroatoms. The van der Waals surface area contributed by atoms with Crippen LogP contribution in [0.15, 0.2) is 17.5 Å². The lowest BCUT2D eigenvalue weighted by Gasteiger charge is -2.23. The van der Waals surface area contributed by atoms with Gasteiger partial charge in [0.2, 0.25) is 0 Å². The van der Waals surface area contributed by atoms with E-state index in [-0.39, 0.29) is 0 Å². The molecule has 1 aromatic carbocycles. The van der Waals surface area contributed by atoms with Crippen LogP contribution in [0.25, 0.3) is 0 Å². The number of rotatable bonds is 3. The summed E-state index contributed by atoms with van der Waals surface area (Å²) in [5, 5.41) is 5.75. The van der Waals surface area contributed by atoms with Crippen LogP contribution in [0.2, 0.25) is 0 Å². The highest BCUT2D eigenvalue weighted by Gasteiger charge is 2.19. The van der Waals surface area contributed by atoms with Crippen LogP contribution in [-0.4, -0.2) is 7.05 Å². The molecule has 1 aromatic heterocycles. The Hall–Kier alpha value is -0.390. The fourth-order valence-corrected chi connectivity index (χ4v) is 4.03. The maximum atomic E-state index is 3.49. The van der Waals surface area contributed by atoms with Gasteiger partial charge in [0.15, 0.2) is 0 Å². The molecular weight excluding hydrogens is 365 g/mol. The largest absolute Gasteiger partial charge is 0.309 e. The summed E-state index contributed by atoms with van der Waals surface area (Å²) in [5.41, 5.74) is 8.38. The van der Waals surface area contributed by atoms with Crippen molar-refractivity contribution in [2.75, 3.05) is 7.05 Å². The standard InChI is InChI=1S/C16H20INS/c1-9-6-10(2)12(4)15(11(9)3)16(18-5)13-7-14(17)19-8-13/h6-8,16,18H,1-5H3. The molecule has 0 aliphatic carbocycles. The third kappa shape index (κ3) is 2.88. The van der Waals surface area contributed by atoms with Gasteiger partial charge in [-0.2, -0.15) is 0 Å². The molecule has 0 fully saturated rings. The Bertz CT molecular complexity index is 575. The Kier molecular flexibility index (Phi) is 4.69. The fourth-order valence-electron chi connectivity index (χ4n) is 2.63. The molecule has 1 nitrogen and oxygen atoms in total. The molecule has 0 spiro atoms. The van der Waals surface area contributed by atoms with Gasteiger partial charge < -0.3 is 5.32 Å². The zero-order valence-corrected chi connectivity index (χ0v) is 15.1. The number of aryl methyl sites for hydroxylation is 2. The fraction of sp³-hybridized carbons (Fsp3) is 0.375. The summed E-state index contributed by atoms with van der Waals surface area (Å²) in [5.74, 6) is 0. The van der Waals surface area contributed by atoms with E-state index in [1.807, 2.05) is 18.4 Å². The van der Waals surface area contributed by atoms with E-state index in [1.165, 1.54) is 36.3 Å². The van der Waals surface area contributed by atoms with E-state index in [0.717, 1.165) is 0 Å². The van der Waals surface area contributed by atoms with Gasteiger partial charge >= 0.3 is 0 Å². The monoisotopic (exact) mass is 385 g/mol. The minimum atomic E-state index is 0.290. The van der Waals surface area contributed by atoms with Gasteiger partial charge in [-0.25, -0.2) is 0 Å². The lowest BCUT2D eigenvalue weighted by molar-refractivity contribution is 0.683. The van der Waals surface area contributed by atoms with Crippen molar-refractivity contribution in [2.45, 2.75) is 33.7 Å². The number of nitrogens with one attached hydrogen (secondary N) is 1. The number of hydrogen-bond donors (Lipinski definition) is 1. The molecule has 0 bridgehead atoms. The number of benzene rings is 1. The van der Waals surface area contributed by atoms with Gasteiger partial charge in [0.05, 0.1) is 8.93 Å². The van der Waals surface area contributed by atoms with Gasteiger partial charge in [0.1, 0.15) is 0 Å². The minimum absolute atomic E-state index is 0.290. The molecule has 1 unspecified atom stereocenters. The van der Waals surface area contributed by atoms with E-state index in [9.17, 15) is 0 Å². The van der Waals surface area contributed by atoms with Gasteiger partial charge in [0, 0.05) is 0 Å². The molecule has 2 rings (SSSR count). The van der Waals surface area contributed by atoms with Crippen LogP contribution in [0.5, 0.6) is 0 Å². The normalized spacial score (nSPS) is 12.7. The molecule has 0 saturated carbocycles. The van der Waals surface area contributed by atoms with Crippen molar-refractivity contribution >= 4 is 33.9 Å². The average molecular weight is 385 g/mol. The average Bonchev–Trinajstić information content (AvgIpc) is 2.78. The van der Waals surface area contributed by atoms with Crippen molar-refractivity contribution in [1.82, 2.24) is 5.32 Å². The summed E-state index contributed by atoms with van der Waals surface area (Å²) in [6, 6.07) is 4.86. The summed E-state index contributed by atoms with van der Waals surface area (Å²) in [7, 11) is 2.05. The third-order valence-corrected chi connectivity index (χ3v) is 5.73. The third-order valence-electron chi connectivity index (χ3n) is 3.92. The predicted molar refractivity (Wildman–Crippen MR) is 93.3 cm³/mol. The Balaban J connectivity index is 2.61. The van der Waals surface area contributed by atoms with E-state index < -0.39 is 0 Å². The first-order chi connectivity index (χ1) is 8.95. The molecule has 1 N–H and O–H groups in total. The summed E-state index contributed by atoms with van der Waals surface area (Å²) in [6.07, 6.45) is 0. The van der Waals surface area contributed by atoms with E-state index in [4.69, 9.17) is 0 Å². The summed E-state index contributed by atoms with van der Waals surface area (Å²) < 4.78 is 1.34. The molecule has 0 amide bonds. The SMILES string of the molecule is CNC(c1csc(I)c1)c1c(C)c(C)cc(C)c1C. The van der Waals surface area contributed by atoms with Crippen LogP contribution in [0.3, 0.4) is 0 Å². The van der Waals surface area contributed by atoms with Crippen LogP contribution in [0.1, 0.15) is 39.4 Å². The highest BCUT2D eigenvalue weighted by molar-refractivity contribution is 14.1. The summed E-state index contributed by atoms with van der Waals surface area (Å²) >= 11 is 4.20. The number of hydrogen-bond acceptors (Lipinski definition) is 2. The summed E-state index contributed by atoms with van der Waals surface area (Å²) in [6.45, 7) is 8.88. The summed E-state index contributed by atoms with van der Waals surface area (Å²) in [4.78, 5) is 0. The zero-order valence-electron chi connectivity index (χ0n) is 12.1. The van der Waals surface area contributed by atoms with Crippen LogP contribution in [0.4, 0.5) is 0 Å². The van der Waals surface area contributed by atoms with Gasteiger partial charge in [-0.15, -0.1) is 11.3 Å². The first-order valence-corrected chi connectivity index (χ1v) is 8.40. The van der Waals surface area contributed by atoms with Gasteiger partial charge in [0.25, 0.3) is 0 Å². The lowest BCUT2D eigenvalue weighted by Crippen LogP contribution is -2.20. The maximum Gasteiger partial charge on any atom is 0.0656 e. The molecule has 1 heterocycles. The first kappa shape index (κ1) is 15.0. The quantitative estimate of drug-likeness (QED) is 0.742. The highest BCUT2D eigenvalue weighted by atomic mass is 127. The van der Waals surface area contributed by atoms with Gasteiger partial charge in [-0.1, -0.05) is 6.07 Å². The molecule has 0 saturated heterocycles. The topological polar surface area (TPSA) is 12.0 Å². The maximum absolute atomic E-state index is 3.49. The molecule has 0 radical (unpaired) electrons. The zero-order chi connectivity index (χ0) is 14.2. The molecule has 102 valence electrons. The first-order valence-electron chi connectivity index (χ1n) is 6.44. The molecule has 1 atom stereocenters. The van der Waals surface area contributed by atoms with Crippen LogP contribution in [-0.2, 0) is 0 Å². The molecule has 19 heavy (non-hydrogen) atoms. The van der Waals surface area contributed by atoms with Crippen molar-refractivity contribution in [3.05, 3.63) is 53.8 Å². The van der Waals surface area contributed by atoms with E-state index in [0.29, 0.717) is 6.04 Å². The van der Waals surface area contributed by atoms with Crippen LogP contribution in [0, 0.1) is 30.6 Å². The Labute approximate surface area is 133 Å². The van der Waals surface area contributed by atoms with Crippen molar-refractivity contribution in [3.8, 4) is 0 Å². The highest BCUT2D eigenvalue weighted by Crippen LogP contribution is 2.33. The van der Waals surface area contributed by atoms with Crippen LogP contribution >= 0.6 is 33.9 Å². The van der Waals surface area contributed by atoms with Crippen molar-refractivity contribution < 1.29 is 0 Å². The van der Waals surface area contributed by atoms with E-state index in [2.05, 4.69) is 73.1 Å². The second-order valence-corrected chi connectivity index (χ2v) is 7.89. The Morgan fingerprint density at radius 3 is 2.05 bits per heavy atom. The molecule has 2 aromatic rings. The van der Waals surface area contributed by atoms with E-state index in [1.54, 1.807) is 0 Å². The van der Waals surface area contributed by atoms with Gasteiger partial charge in [-0.3, -0.25) is 0 Å². The van der Waals surface area contributed by atoms with E-state index >= 15 is 0 Å². The van der Waals surface area contributed by atoms with Gasteiger partial charge in [-0.05, 0) is 102 Å². The van der Waals surface area contributed by atoms with Crippen molar-refractivity contribution in [2.24, 2.45) is 0 Å². The second kappa shape index (κ2) is 5.94. The minimum Gasteiger partial charge on any atom is -0.309 e. The second-order valence-electron chi connectivity index (χ2n) is 5.08. The van der Waals surface area contributed by atoms with Crippen LogP contribution < -0.4 is 5.32 Å². The molecular formula is C16H20INS. The van der Waals surface area contributed by atoms with Crippen molar-refractivity contribution in [1.29, 1.82) is 0 Å². The smallest absolute Gasteiger partial charge is 0.0656 e. The molecule has 0 aliphatic rings. The van der Waals surface area contributed by atoms with Crippen molar-refractivity contribution in [3.63, 3.8) is 0 Å². The number of halogens is 1. The Morgan fingerprint density at radius 1 is 1.05 bits per heavy atom. The Morgan fingerprint density at radius 2 is 1.63 bits per heavy atom.